The molecule has 0 spiro atoms. The van der Waals surface area contributed by atoms with Crippen molar-refractivity contribution in [3.8, 4) is 11.5 Å². The van der Waals surface area contributed by atoms with Crippen LogP contribution < -0.4 is 19.1 Å². The summed E-state index contributed by atoms with van der Waals surface area (Å²) in [5.74, 6) is -0.105. The van der Waals surface area contributed by atoms with Gasteiger partial charge in [-0.15, -0.1) is 0 Å². The number of nitrogens with zero attached hydrogens (tertiary/aromatic N) is 2. The number of hydrogen-bond donors (Lipinski definition) is 1. The first kappa shape index (κ1) is 28.9. The van der Waals surface area contributed by atoms with Crippen LogP contribution in [-0.4, -0.2) is 56.8 Å². The predicted molar refractivity (Wildman–Crippen MR) is 154 cm³/mol. The summed E-state index contributed by atoms with van der Waals surface area (Å²) in [6.07, 6.45) is 0.273. The summed E-state index contributed by atoms with van der Waals surface area (Å²) < 4.78 is 38.4. The number of fused-ring (bicyclic) bond motifs is 1. The van der Waals surface area contributed by atoms with Gasteiger partial charge in [-0.05, 0) is 44.0 Å². The Labute approximate surface area is 235 Å². The lowest BCUT2D eigenvalue weighted by atomic mass is 10.0. The van der Waals surface area contributed by atoms with Crippen molar-refractivity contribution in [2.75, 3.05) is 29.9 Å². The molecule has 0 saturated heterocycles. The van der Waals surface area contributed by atoms with E-state index in [0.717, 1.165) is 21.0 Å². The van der Waals surface area contributed by atoms with E-state index >= 15 is 0 Å². The molecular weight excluding hydrogens is 530 g/mol. The highest BCUT2D eigenvalue weighted by molar-refractivity contribution is 7.92. The Morgan fingerprint density at radius 2 is 1.65 bits per heavy atom. The SMILES string of the molecule is CCNC(=O)[C@H](Cc1ccccc1)N(Cc1cccc(C)c1)C(=O)CN(c1ccc2c(c1)OCO2)S(=O)(=O)CC. The van der Waals surface area contributed by atoms with Gasteiger partial charge in [-0.25, -0.2) is 8.42 Å². The monoisotopic (exact) mass is 565 g/mol. The van der Waals surface area contributed by atoms with Gasteiger partial charge in [0.05, 0.1) is 11.4 Å². The molecule has 0 aliphatic carbocycles. The number of rotatable bonds is 12. The van der Waals surface area contributed by atoms with Crippen LogP contribution in [0.4, 0.5) is 5.69 Å². The van der Waals surface area contributed by atoms with Crippen molar-refractivity contribution in [3.63, 3.8) is 0 Å². The van der Waals surface area contributed by atoms with Crippen LogP contribution in [0.15, 0.2) is 72.8 Å². The van der Waals surface area contributed by atoms with E-state index in [4.69, 9.17) is 9.47 Å². The van der Waals surface area contributed by atoms with Crippen molar-refractivity contribution < 1.29 is 27.5 Å². The lowest BCUT2D eigenvalue weighted by Gasteiger charge is -2.33. The molecule has 1 heterocycles. The standard InChI is InChI=1S/C30H35N3O6S/c1-4-31-30(35)26(17-23-11-7-6-8-12-23)32(19-24-13-9-10-22(3)16-24)29(34)20-33(40(36,37)5-2)25-14-15-27-28(18-25)39-21-38-27/h6-16,18,26H,4-5,17,19-21H2,1-3H3,(H,31,35)/t26-/m0/s1. The summed E-state index contributed by atoms with van der Waals surface area (Å²) in [7, 11) is -3.87. The molecule has 9 nitrogen and oxygen atoms in total. The van der Waals surface area contributed by atoms with Gasteiger partial charge in [0, 0.05) is 25.6 Å². The van der Waals surface area contributed by atoms with E-state index in [2.05, 4.69) is 5.32 Å². The van der Waals surface area contributed by atoms with Gasteiger partial charge < -0.3 is 19.7 Å². The number of sulfonamides is 1. The summed E-state index contributed by atoms with van der Waals surface area (Å²) in [6, 6.07) is 21.1. The maximum Gasteiger partial charge on any atom is 0.244 e. The van der Waals surface area contributed by atoms with Crippen LogP contribution in [0, 0.1) is 6.92 Å². The van der Waals surface area contributed by atoms with Gasteiger partial charge in [-0.2, -0.15) is 0 Å². The Hall–Kier alpha value is -4.05. The van der Waals surface area contributed by atoms with E-state index in [0.29, 0.717) is 18.0 Å². The number of anilines is 1. The number of nitrogens with one attached hydrogen (secondary N) is 1. The van der Waals surface area contributed by atoms with Crippen LogP contribution in [0.25, 0.3) is 0 Å². The van der Waals surface area contributed by atoms with Crippen molar-refractivity contribution >= 4 is 27.5 Å². The second kappa shape index (κ2) is 12.9. The molecule has 1 N–H and O–H groups in total. The number of hydrogen-bond acceptors (Lipinski definition) is 6. The summed E-state index contributed by atoms with van der Waals surface area (Å²) >= 11 is 0. The number of carbonyl (C=O) groups is 2. The average molecular weight is 566 g/mol. The van der Waals surface area contributed by atoms with Crippen LogP contribution in [0.5, 0.6) is 11.5 Å². The van der Waals surface area contributed by atoms with Crippen LogP contribution in [0.3, 0.4) is 0 Å². The number of likely N-dealkylation sites (N-methyl/N-ethyl adjacent to an activating group) is 1. The molecule has 3 aromatic rings. The first-order chi connectivity index (χ1) is 19.2. The minimum absolute atomic E-state index is 0.0379. The van der Waals surface area contributed by atoms with Crippen molar-refractivity contribution in [2.24, 2.45) is 0 Å². The molecular formula is C30H35N3O6S. The van der Waals surface area contributed by atoms with Crippen molar-refractivity contribution in [1.82, 2.24) is 10.2 Å². The van der Waals surface area contributed by atoms with E-state index in [9.17, 15) is 18.0 Å². The highest BCUT2D eigenvalue weighted by atomic mass is 32.2. The molecule has 212 valence electrons. The Balaban J connectivity index is 1.73. The maximum absolute atomic E-state index is 14.1. The predicted octanol–water partition coefficient (Wildman–Crippen LogP) is 3.66. The van der Waals surface area contributed by atoms with Gasteiger partial charge >= 0.3 is 0 Å². The van der Waals surface area contributed by atoms with Crippen molar-refractivity contribution in [2.45, 2.75) is 39.8 Å². The quantitative estimate of drug-likeness (QED) is 0.360. The van der Waals surface area contributed by atoms with E-state index < -0.39 is 28.5 Å². The molecule has 2 amide bonds. The summed E-state index contributed by atoms with van der Waals surface area (Å²) in [4.78, 5) is 29.0. The molecule has 0 unspecified atom stereocenters. The van der Waals surface area contributed by atoms with Gasteiger partial charge in [0.2, 0.25) is 28.6 Å². The fraction of sp³-hybridized carbons (Fsp3) is 0.333. The van der Waals surface area contributed by atoms with E-state index in [-0.39, 0.29) is 37.1 Å². The van der Waals surface area contributed by atoms with E-state index in [1.807, 2.05) is 68.4 Å². The highest BCUT2D eigenvalue weighted by Crippen LogP contribution is 2.36. The lowest BCUT2D eigenvalue weighted by molar-refractivity contribution is -0.140. The maximum atomic E-state index is 14.1. The van der Waals surface area contributed by atoms with E-state index in [1.165, 1.54) is 11.8 Å². The number of benzene rings is 3. The summed E-state index contributed by atoms with van der Waals surface area (Å²) in [6.45, 7) is 5.38. The van der Waals surface area contributed by atoms with Gasteiger partial charge in [-0.3, -0.25) is 13.9 Å². The second-order valence-electron chi connectivity index (χ2n) is 9.56. The second-order valence-corrected chi connectivity index (χ2v) is 11.7. The third-order valence-electron chi connectivity index (χ3n) is 6.68. The van der Waals surface area contributed by atoms with Gasteiger partial charge in [0.15, 0.2) is 11.5 Å². The molecule has 0 aromatic heterocycles. The van der Waals surface area contributed by atoms with Crippen molar-refractivity contribution in [3.05, 3.63) is 89.5 Å². The zero-order valence-corrected chi connectivity index (χ0v) is 23.8. The molecule has 1 aliphatic rings. The lowest BCUT2D eigenvalue weighted by Crippen LogP contribution is -2.53. The van der Waals surface area contributed by atoms with Crippen LogP contribution in [0.1, 0.15) is 30.5 Å². The molecule has 3 aromatic carbocycles. The summed E-state index contributed by atoms with van der Waals surface area (Å²) in [5, 5.41) is 2.86. The smallest absolute Gasteiger partial charge is 0.244 e. The van der Waals surface area contributed by atoms with Crippen molar-refractivity contribution in [1.29, 1.82) is 0 Å². The Bertz CT molecular complexity index is 1440. The number of ether oxygens (including phenoxy) is 2. The van der Waals surface area contributed by atoms with Gasteiger partial charge in [0.1, 0.15) is 12.6 Å². The van der Waals surface area contributed by atoms with Gasteiger partial charge in [-0.1, -0.05) is 60.2 Å². The minimum Gasteiger partial charge on any atom is -0.454 e. The molecule has 0 saturated carbocycles. The molecule has 0 radical (unpaired) electrons. The van der Waals surface area contributed by atoms with Gasteiger partial charge in [0.25, 0.3) is 0 Å². The topological polar surface area (TPSA) is 105 Å². The molecule has 4 rings (SSSR count). The first-order valence-electron chi connectivity index (χ1n) is 13.3. The third-order valence-corrected chi connectivity index (χ3v) is 8.42. The average Bonchev–Trinajstić information content (AvgIpc) is 3.42. The normalized spacial score (nSPS) is 13.0. The summed E-state index contributed by atoms with van der Waals surface area (Å²) in [5.41, 5.74) is 3.02. The number of carbonyl (C=O) groups excluding carboxylic acids is 2. The Morgan fingerprint density at radius 1 is 0.925 bits per heavy atom. The fourth-order valence-corrected chi connectivity index (χ4v) is 5.67. The highest BCUT2D eigenvalue weighted by Gasteiger charge is 2.34. The third kappa shape index (κ3) is 6.93. The molecule has 10 heteroatoms. The minimum atomic E-state index is -3.87. The molecule has 1 aliphatic heterocycles. The van der Waals surface area contributed by atoms with Crippen LogP contribution in [0.2, 0.25) is 0 Å². The Morgan fingerprint density at radius 3 is 2.35 bits per heavy atom. The zero-order valence-electron chi connectivity index (χ0n) is 23.0. The molecule has 40 heavy (non-hydrogen) atoms. The number of amides is 2. The van der Waals surface area contributed by atoms with Crippen LogP contribution in [-0.2, 0) is 32.6 Å². The number of aryl methyl sites for hydroxylation is 1. The molecule has 0 fully saturated rings. The zero-order chi connectivity index (χ0) is 28.7. The van der Waals surface area contributed by atoms with Crippen LogP contribution >= 0.6 is 0 Å². The fourth-order valence-electron chi connectivity index (χ4n) is 4.61. The van der Waals surface area contributed by atoms with E-state index in [1.54, 1.807) is 18.2 Å². The molecule has 1 atom stereocenters. The Kier molecular flexibility index (Phi) is 9.31. The molecule has 0 bridgehead atoms. The largest absolute Gasteiger partial charge is 0.454 e. The first-order valence-corrected chi connectivity index (χ1v) is 14.9.